The number of aliphatic hydroxyl groups is 1. The lowest BCUT2D eigenvalue weighted by molar-refractivity contribution is -0.159. The highest BCUT2D eigenvalue weighted by Gasteiger charge is 2.70. The lowest BCUT2D eigenvalue weighted by Crippen LogP contribution is -2.59. The standard InChI is InChI=1S/C32H42N2O9/c1-7-19-22-12-11-20-25-26(36)21(15-39-6)28(41-31(38)24-10-9-13-33-24)29(20)42-32(22,25)17(4)14-16(3)27(40-30(19)37)23(8-2)34-43-18(5)35/h9-14,16,19-22,25-29,33,36H,7-8,15H2,1-6H3/b17-14+,34-23?/t16-,19-,20-,21-,22-,25+,26-,27+,28-,29-,32+/m1/s1. The second-order valence-corrected chi connectivity index (χ2v) is 12.1. The zero-order valence-corrected chi connectivity index (χ0v) is 25.5. The molecule has 4 aliphatic rings. The highest BCUT2D eigenvalue weighted by molar-refractivity contribution is 5.91. The van der Waals surface area contributed by atoms with E-state index in [0.29, 0.717) is 24.2 Å². The van der Waals surface area contributed by atoms with Crippen molar-refractivity contribution >= 4 is 23.6 Å². The maximum absolute atomic E-state index is 13.9. The van der Waals surface area contributed by atoms with Gasteiger partial charge in [-0.05, 0) is 37.5 Å². The number of cyclic esters (lactones) is 1. The molecule has 11 nitrogen and oxygen atoms in total. The molecule has 1 spiro atoms. The van der Waals surface area contributed by atoms with Crippen LogP contribution in [0.3, 0.4) is 0 Å². The SMILES string of the molecule is CCC(=NOC(C)=O)[C@H]1OC(=O)[C@H](CC)[C@H]2C=C[C@H]3[C@H]4O[C@]2(/C(C)=C/[C@H]1C)[C@@H]3[C@H](O)[C@@H](COC)[C@H]4OC(=O)c1ccc[nH]1. The van der Waals surface area contributed by atoms with Crippen LogP contribution in [0.25, 0.3) is 0 Å². The van der Waals surface area contributed by atoms with Gasteiger partial charge in [0.05, 0.1) is 24.3 Å². The van der Waals surface area contributed by atoms with E-state index in [1.807, 2.05) is 45.9 Å². The van der Waals surface area contributed by atoms with Crippen LogP contribution >= 0.6 is 0 Å². The molecule has 2 fully saturated rings. The first-order chi connectivity index (χ1) is 20.6. The summed E-state index contributed by atoms with van der Waals surface area (Å²) < 4.78 is 24.8. The van der Waals surface area contributed by atoms with Crippen LogP contribution in [0.4, 0.5) is 0 Å². The summed E-state index contributed by atoms with van der Waals surface area (Å²) >= 11 is 0. The molecule has 4 bridgehead atoms. The van der Waals surface area contributed by atoms with Crippen LogP contribution in [0.1, 0.15) is 57.9 Å². The van der Waals surface area contributed by atoms with Gasteiger partial charge < -0.3 is 33.9 Å². The fourth-order valence-electron chi connectivity index (χ4n) is 7.81. The summed E-state index contributed by atoms with van der Waals surface area (Å²) in [5.41, 5.74) is 0.525. The fourth-order valence-corrected chi connectivity index (χ4v) is 7.81. The smallest absolute Gasteiger partial charge is 0.355 e. The minimum atomic E-state index is -1.06. The van der Waals surface area contributed by atoms with Crippen LogP contribution in [0.5, 0.6) is 0 Å². The van der Waals surface area contributed by atoms with Gasteiger partial charge in [-0.3, -0.25) is 4.79 Å². The molecule has 5 rings (SSSR count). The van der Waals surface area contributed by atoms with Crippen molar-refractivity contribution in [3.05, 3.63) is 47.8 Å². The number of esters is 2. The Balaban J connectivity index is 1.60. The topological polar surface area (TPSA) is 146 Å². The number of methoxy groups -OCH3 is 1. The van der Waals surface area contributed by atoms with Gasteiger partial charge in [0.15, 0.2) is 0 Å². The molecule has 2 N–H and O–H groups in total. The highest BCUT2D eigenvalue weighted by atomic mass is 16.7. The summed E-state index contributed by atoms with van der Waals surface area (Å²) in [6, 6.07) is 3.35. The van der Waals surface area contributed by atoms with E-state index in [-0.39, 0.29) is 18.4 Å². The first kappa shape index (κ1) is 31.2. The predicted octanol–water partition coefficient (Wildman–Crippen LogP) is 3.60. The van der Waals surface area contributed by atoms with E-state index < -0.39 is 71.6 Å². The first-order valence-corrected chi connectivity index (χ1v) is 15.1. The Kier molecular flexibility index (Phi) is 8.97. The van der Waals surface area contributed by atoms with E-state index in [1.165, 1.54) is 6.92 Å². The largest absolute Gasteiger partial charge is 0.455 e. The van der Waals surface area contributed by atoms with Crippen LogP contribution in [-0.4, -0.2) is 77.4 Å². The number of ether oxygens (including phenoxy) is 4. The maximum atomic E-state index is 13.9. The third-order valence-corrected chi connectivity index (χ3v) is 9.64. The molecule has 1 saturated carbocycles. The summed E-state index contributed by atoms with van der Waals surface area (Å²) in [5.74, 6) is -4.18. The van der Waals surface area contributed by atoms with Crippen molar-refractivity contribution in [2.75, 3.05) is 13.7 Å². The molecule has 3 heterocycles. The number of hydrogen-bond donors (Lipinski definition) is 2. The molecule has 1 saturated heterocycles. The van der Waals surface area contributed by atoms with E-state index in [9.17, 15) is 19.5 Å². The van der Waals surface area contributed by atoms with Gasteiger partial charge in [-0.25, -0.2) is 9.59 Å². The molecule has 234 valence electrons. The molecule has 43 heavy (non-hydrogen) atoms. The van der Waals surface area contributed by atoms with Crippen LogP contribution in [-0.2, 0) is 33.4 Å². The number of aromatic nitrogens is 1. The Morgan fingerprint density at radius 2 is 2.00 bits per heavy atom. The molecule has 0 unspecified atom stereocenters. The summed E-state index contributed by atoms with van der Waals surface area (Å²) in [5, 5.41) is 16.1. The van der Waals surface area contributed by atoms with Crippen molar-refractivity contribution in [3.8, 4) is 0 Å². The van der Waals surface area contributed by atoms with Crippen molar-refractivity contribution in [1.29, 1.82) is 0 Å². The van der Waals surface area contributed by atoms with Crippen molar-refractivity contribution in [2.45, 2.75) is 77.5 Å². The van der Waals surface area contributed by atoms with Gasteiger partial charge in [-0.1, -0.05) is 44.2 Å². The second kappa shape index (κ2) is 12.4. The summed E-state index contributed by atoms with van der Waals surface area (Å²) in [6.45, 7) is 9.09. The highest BCUT2D eigenvalue weighted by Crippen LogP contribution is 2.62. The molecule has 2 aliphatic carbocycles. The zero-order chi connectivity index (χ0) is 31.1. The molecule has 1 aromatic rings. The number of nitrogens with one attached hydrogen (secondary N) is 1. The van der Waals surface area contributed by atoms with Crippen LogP contribution < -0.4 is 0 Å². The van der Waals surface area contributed by atoms with Crippen LogP contribution in [0, 0.1) is 35.5 Å². The Morgan fingerprint density at radius 1 is 1.23 bits per heavy atom. The van der Waals surface area contributed by atoms with Gasteiger partial charge in [0.1, 0.15) is 29.6 Å². The summed E-state index contributed by atoms with van der Waals surface area (Å²) in [4.78, 5) is 46.4. The number of H-pyrrole nitrogens is 1. The van der Waals surface area contributed by atoms with Crippen molar-refractivity contribution in [2.24, 2.45) is 40.7 Å². The van der Waals surface area contributed by atoms with Gasteiger partial charge >= 0.3 is 17.9 Å². The van der Waals surface area contributed by atoms with E-state index in [4.69, 9.17) is 23.8 Å². The zero-order valence-electron chi connectivity index (χ0n) is 25.5. The number of aliphatic hydroxyl groups excluding tert-OH is 1. The minimum absolute atomic E-state index is 0.157. The van der Waals surface area contributed by atoms with Crippen LogP contribution in [0.2, 0.25) is 0 Å². The van der Waals surface area contributed by atoms with E-state index >= 15 is 0 Å². The third-order valence-electron chi connectivity index (χ3n) is 9.64. The summed E-state index contributed by atoms with van der Waals surface area (Å²) in [6.07, 6.45) is 5.44. The van der Waals surface area contributed by atoms with Gasteiger partial charge in [0.2, 0.25) is 0 Å². The summed E-state index contributed by atoms with van der Waals surface area (Å²) in [7, 11) is 1.55. The monoisotopic (exact) mass is 598 g/mol. The Morgan fingerprint density at radius 3 is 2.63 bits per heavy atom. The van der Waals surface area contributed by atoms with Gasteiger partial charge in [0, 0.05) is 49.8 Å². The van der Waals surface area contributed by atoms with Gasteiger partial charge in [-0.2, -0.15) is 0 Å². The molecule has 0 aromatic carbocycles. The maximum Gasteiger partial charge on any atom is 0.355 e. The predicted molar refractivity (Wildman–Crippen MR) is 155 cm³/mol. The molecule has 2 aliphatic heterocycles. The van der Waals surface area contributed by atoms with Gasteiger partial charge in [-0.15, -0.1) is 0 Å². The van der Waals surface area contributed by atoms with E-state index in [2.05, 4.69) is 10.1 Å². The van der Waals surface area contributed by atoms with Crippen molar-refractivity contribution in [3.63, 3.8) is 0 Å². The van der Waals surface area contributed by atoms with Crippen molar-refractivity contribution < 1.29 is 43.3 Å². The van der Waals surface area contributed by atoms with E-state index in [1.54, 1.807) is 25.4 Å². The van der Waals surface area contributed by atoms with Gasteiger partial charge in [0.25, 0.3) is 0 Å². The normalized spacial score (nSPS) is 39.8. The molecule has 11 atom stereocenters. The Labute approximate surface area is 251 Å². The molecule has 1 aromatic heterocycles. The van der Waals surface area contributed by atoms with Crippen LogP contribution in [0.15, 0.2) is 47.3 Å². The molecule has 11 heteroatoms. The number of nitrogens with zero attached hydrogens (tertiary/aromatic N) is 1. The lowest BCUT2D eigenvalue weighted by Gasteiger charge is -2.49. The third kappa shape index (κ3) is 5.25. The Hall–Kier alpha value is -3.28. The minimum Gasteiger partial charge on any atom is -0.455 e. The number of rotatable bonds is 8. The number of carbonyl (C=O) groups excluding carboxylic acids is 3. The molecule has 0 amide bonds. The van der Waals surface area contributed by atoms with Crippen molar-refractivity contribution in [1.82, 2.24) is 4.98 Å². The molecule has 0 radical (unpaired) electrons. The second-order valence-electron chi connectivity index (χ2n) is 12.1. The molecular formula is C32H42N2O9. The lowest BCUT2D eigenvalue weighted by atomic mass is 9.56. The Bertz CT molecular complexity index is 1300. The quantitative estimate of drug-likeness (QED) is 0.151. The number of carbonyl (C=O) groups is 3. The number of hydrogen-bond acceptors (Lipinski definition) is 10. The molecular weight excluding hydrogens is 556 g/mol. The average Bonchev–Trinajstić information content (AvgIpc) is 3.57. The number of oxime groups is 1. The average molecular weight is 599 g/mol. The fraction of sp³-hybridized carbons (Fsp3) is 0.625. The number of aromatic amines is 1. The first-order valence-electron chi connectivity index (χ1n) is 15.1. The van der Waals surface area contributed by atoms with E-state index in [0.717, 1.165) is 5.57 Å².